The van der Waals surface area contributed by atoms with Crippen LogP contribution in [0.1, 0.15) is 124 Å². The minimum Gasteiger partial charge on any atom is -0.200 e. The van der Waals surface area contributed by atoms with Crippen LogP contribution in [-0.2, 0) is 7.05 Å². The minimum atomic E-state index is 0.505. The van der Waals surface area contributed by atoms with Crippen LogP contribution in [0.15, 0.2) is 36.5 Å². The van der Waals surface area contributed by atoms with Crippen LogP contribution < -0.4 is 4.57 Å². The zero-order chi connectivity index (χ0) is 24.4. The normalized spacial score (nSPS) is 17.8. The van der Waals surface area contributed by atoms with Crippen molar-refractivity contribution in [3.63, 3.8) is 0 Å². The number of benzene rings is 2. The smallest absolute Gasteiger partial charge is 0.200 e. The SMILES string of the molecule is Cc1c(C2=Cc3cc(C4CCC(C)(C)CC4)cc4cc[n+](C)c2c34)cc(C(C)C)cc1C(C)C. The van der Waals surface area contributed by atoms with Gasteiger partial charge in [0.15, 0.2) is 6.20 Å². The van der Waals surface area contributed by atoms with Gasteiger partial charge in [-0.2, -0.15) is 0 Å². The van der Waals surface area contributed by atoms with Crippen molar-refractivity contribution in [1.29, 1.82) is 0 Å². The molecule has 2 aromatic carbocycles. The Kier molecular flexibility index (Phi) is 5.74. The predicted octanol–water partition coefficient (Wildman–Crippen LogP) is 8.81. The van der Waals surface area contributed by atoms with Gasteiger partial charge in [0.2, 0.25) is 5.69 Å². The van der Waals surface area contributed by atoms with E-state index in [1.165, 1.54) is 75.5 Å². The molecule has 3 aromatic rings. The maximum Gasteiger partial charge on any atom is 0.221 e. The van der Waals surface area contributed by atoms with Crippen LogP contribution in [-0.4, -0.2) is 0 Å². The average Bonchev–Trinajstić information content (AvgIpc) is 3.16. The van der Waals surface area contributed by atoms with Crippen molar-refractivity contribution < 1.29 is 4.57 Å². The number of rotatable bonds is 4. The molecule has 0 amide bonds. The van der Waals surface area contributed by atoms with Gasteiger partial charge in [-0.25, -0.2) is 4.57 Å². The lowest BCUT2D eigenvalue weighted by Crippen LogP contribution is -2.32. The van der Waals surface area contributed by atoms with E-state index in [-0.39, 0.29) is 0 Å². The van der Waals surface area contributed by atoms with Crippen molar-refractivity contribution in [3.8, 4) is 0 Å². The first-order valence-corrected chi connectivity index (χ1v) is 13.4. The van der Waals surface area contributed by atoms with Crippen molar-refractivity contribution in [2.45, 2.75) is 91.9 Å². The molecule has 178 valence electrons. The molecule has 0 saturated heterocycles. The lowest BCUT2D eigenvalue weighted by atomic mass is 9.71. The molecule has 1 saturated carbocycles. The Bertz CT molecular complexity index is 1290. The third-order valence-corrected chi connectivity index (χ3v) is 8.70. The summed E-state index contributed by atoms with van der Waals surface area (Å²) >= 11 is 0. The van der Waals surface area contributed by atoms with Crippen LogP contribution in [0.2, 0.25) is 0 Å². The topological polar surface area (TPSA) is 3.88 Å². The Labute approximate surface area is 206 Å². The first-order valence-electron chi connectivity index (χ1n) is 13.4. The molecule has 0 atom stereocenters. The summed E-state index contributed by atoms with van der Waals surface area (Å²) in [6.07, 6.45) is 10.1. The van der Waals surface area contributed by atoms with Crippen LogP contribution in [0.3, 0.4) is 0 Å². The lowest BCUT2D eigenvalue weighted by molar-refractivity contribution is -0.672. The van der Waals surface area contributed by atoms with Gasteiger partial charge in [-0.15, -0.1) is 0 Å². The first kappa shape index (κ1) is 23.3. The lowest BCUT2D eigenvalue weighted by Gasteiger charge is -2.34. The van der Waals surface area contributed by atoms with E-state index in [4.69, 9.17) is 0 Å². The molecule has 0 unspecified atom stereocenters. The summed E-state index contributed by atoms with van der Waals surface area (Å²) in [5.41, 5.74) is 12.0. The molecule has 1 fully saturated rings. The van der Waals surface area contributed by atoms with Crippen LogP contribution in [0.25, 0.3) is 22.4 Å². The van der Waals surface area contributed by atoms with Crippen molar-refractivity contribution in [3.05, 3.63) is 75.6 Å². The summed E-state index contributed by atoms with van der Waals surface area (Å²) in [5, 5.41) is 2.83. The quantitative estimate of drug-likeness (QED) is 0.272. The first-order chi connectivity index (χ1) is 16.1. The predicted molar refractivity (Wildman–Crippen MR) is 146 cm³/mol. The molecule has 2 aliphatic rings. The summed E-state index contributed by atoms with van der Waals surface area (Å²) in [5.74, 6) is 1.74. The van der Waals surface area contributed by atoms with Crippen molar-refractivity contribution in [2.75, 3.05) is 0 Å². The molecule has 1 heterocycles. The Morgan fingerprint density at radius 2 is 1.65 bits per heavy atom. The summed E-state index contributed by atoms with van der Waals surface area (Å²) < 4.78 is 2.34. The van der Waals surface area contributed by atoms with Gasteiger partial charge in [0, 0.05) is 6.07 Å². The van der Waals surface area contributed by atoms with Crippen molar-refractivity contribution in [1.82, 2.24) is 0 Å². The Balaban J connectivity index is 1.67. The Hall–Kier alpha value is -2.41. The molecular weight excluding hydrogens is 410 g/mol. The second-order valence-electron chi connectivity index (χ2n) is 12.4. The van der Waals surface area contributed by atoms with Crippen LogP contribution in [0, 0.1) is 12.3 Å². The number of pyridine rings is 1. The van der Waals surface area contributed by atoms with Crippen molar-refractivity contribution in [2.24, 2.45) is 12.5 Å². The largest absolute Gasteiger partial charge is 0.221 e. The molecule has 1 aromatic heterocycles. The maximum atomic E-state index is 2.52. The molecule has 0 bridgehead atoms. The third-order valence-electron chi connectivity index (χ3n) is 8.70. The fourth-order valence-corrected chi connectivity index (χ4v) is 6.37. The van der Waals surface area contributed by atoms with E-state index in [1.807, 2.05) is 0 Å². The van der Waals surface area contributed by atoms with Crippen LogP contribution in [0.4, 0.5) is 0 Å². The number of nitrogens with zero attached hydrogens (tertiary/aromatic N) is 1. The molecule has 0 spiro atoms. The number of hydrogen-bond acceptors (Lipinski definition) is 0. The number of aromatic nitrogens is 1. The van der Waals surface area contributed by atoms with Gasteiger partial charge in [0.05, 0.1) is 11.0 Å². The molecule has 1 heteroatoms. The van der Waals surface area contributed by atoms with Gasteiger partial charge < -0.3 is 0 Å². The van der Waals surface area contributed by atoms with E-state index in [0.717, 1.165) is 0 Å². The highest BCUT2D eigenvalue weighted by Crippen LogP contribution is 2.46. The molecule has 0 aliphatic heterocycles. The molecule has 0 radical (unpaired) electrons. The Morgan fingerprint density at radius 3 is 2.29 bits per heavy atom. The van der Waals surface area contributed by atoms with E-state index in [9.17, 15) is 0 Å². The van der Waals surface area contributed by atoms with E-state index < -0.39 is 0 Å². The standard InChI is InChI=1S/C33H42N/c1-20(2)25-17-28(21(3)4)22(5)29(18-25)30-19-27-16-26(23-9-12-33(6,7)13-10-23)15-24-11-14-34(8)32(30)31(24)27/h11,14-21,23H,9-10,12-13H2,1-8H3/q+1. The second kappa shape index (κ2) is 8.36. The molecule has 5 rings (SSSR count). The highest BCUT2D eigenvalue weighted by atomic mass is 14.9. The van der Waals surface area contributed by atoms with Crippen LogP contribution >= 0.6 is 0 Å². The summed E-state index contributed by atoms with van der Waals surface area (Å²) in [7, 11) is 2.21. The monoisotopic (exact) mass is 452 g/mol. The highest BCUT2D eigenvalue weighted by Gasteiger charge is 2.32. The summed E-state index contributed by atoms with van der Waals surface area (Å²) in [6, 6.07) is 12.3. The Morgan fingerprint density at radius 1 is 0.941 bits per heavy atom. The zero-order valence-electron chi connectivity index (χ0n) is 22.5. The summed E-state index contributed by atoms with van der Waals surface area (Å²) in [6.45, 7) is 16.5. The van der Waals surface area contributed by atoms with E-state index in [2.05, 4.69) is 103 Å². The van der Waals surface area contributed by atoms with Gasteiger partial charge in [0.25, 0.3) is 0 Å². The minimum absolute atomic E-state index is 0.505. The zero-order valence-corrected chi connectivity index (χ0v) is 22.5. The highest BCUT2D eigenvalue weighted by molar-refractivity contribution is 6.11. The third kappa shape index (κ3) is 3.92. The summed E-state index contributed by atoms with van der Waals surface area (Å²) in [4.78, 5) is 0. The molecule has 34 heavy (non-hydrogen) atoms. The van der Waals surface area contributed by atoms with Gasteiger partial charge in [-0.05, 0) is 101 Å². The van der Waals surface area contributed by atoms with Gasteiger partial charge >= 0.3 is 0 Å². The maximum absolute atomic E-state index is 2.52. The van der Waals surface area contributed by atoms with E-state index in [1.54, 1.807) is 5.56 Å². The van der Waals surface area contributed by atoms with Crippen molar-refractivity contribution >= 4 is 22.4 Å². The van der Waals surface area contributed by atoms with Gasteiger partial charge in [0.1, 0.15) is 7.05 Å². The molecule has 2 aliphatic carbocycles. The number of hydrogen-bond donors (Lipinski definition) is 0. The van der Waals surface area contributed by atoms with E-state index in [0.29, 0.717) is 23.2 Å². The van der Waals surface area contributed by atoms with Gasteiger partial charge in [-0.1, -0.05) is 65.8 Å². The molecular formula is C33H42N+. The van der Waals surface area contributed by atoms with E-state index >= 15 is 0 Å². The fourth-order valence-electron chi connectivity index (χ4n) is 6.37. The molecule has 1 nitrogen and oxygen atoms in total. The molecule has 0 N–H and O–H groups in total. The average molecular weight is 453 g/mol. The number of aryl methyl sites for hydroxylation is 1. The van der Waals surface area contributed by atoms with Gasteiger partial charge in [-0.3, -0.25) is 0 Å². The fraction of sp³-hybridized carbons (Fsp3) is 0.485. The van der Waals surface area contributed by atoms with Crippen LogP contribution in [0.5, 0.6) is 0 Å². The second-order valence-corrected chi connectivity index (χ2v) is 12.4.